The van der Waals surface area contributed by atoms with Gasteiger partial charge in [0.2, 0.25) is 0 Å². The molecule has 400 valence electrons. The van der Waals surface area contributed by atoms with Crippen LogP contribution in [0.2, 0.25) is 50.4 Å². The SMILES string of the molecule is C[Si]1(C)O[Si](C)(C)O[Si](CCCCCCCCCCCC(=O)O)(CCCCCCCCCCCC(=O)O)O[Si](CCCCCCCCCCCC(=O)O)(CCCCCCCCCCCC(=O)O)O1. The van der Waals surface area contributed by atoms with Crippen molar-refractivity contribution in [1.82, 2.24) is 0 Å². The van der Waals surface area contributed by atoms with E-state index in [9.17, 15) is 19.2 Å². The van der Waals surface area contributed by atoms with Crippen molar-refractivity contribution in [2.24, 2.45) is 0 Å². The minimum atomic E-state index is -2.78. The molecule has 1 rings (SSSR count). The van der Waals surface area contributed by atoms with E-state index in [0.717, 1.165) is 153 Å². The van der Waals surface area contributed by atoms with E-state index in [1.807, 2.05) is 0 Å². The molecule has 0 unspecified atom stereocenters. The average molecular weight is 1030 g/mol. The van der Waals surface area contributed by atoms with Crippen LogP contribution < -0.4 is 0 Å². The third kappa shape index (κ3) is 38.3. The minimum Gasteiger partial charge on any atom is -0.481 e. The molecule has 0 aromatic rings. The first kappa shape index (κ1) is 64.6. The Balaban J connectivity index is 3.14. The van der Waals surface area contributed by atoms with E-state index in [-0.39, 0.29) is 25.7 Å². The fourth-order valence-corrected chi connectivity index (χ4v) is 33.9. The van der Waals surface area contributed by atoms with E-state index in [1.54, 1.807) is 0 Å². The number of hydrogen-bond donors (Lipinski definition) is 4. The van der Waals surface area contributed by atoms with Crippen LogP contribution in [0.1, 0.15) is 257 Å². The van der Waals surface area contributed by atoms with Crippen LogP contribution in [0.25, 0.3) is 0 Å². The summed E-state index contributed by atoms with van der Waals surface area (Å²) in [5, 5.41) is 35.8. The van der Waals surface area contributed by atoms with Crippen molar-refractivity contribution < 1.29 is 56.1 Å². The monoisotopic (exact) mass is 1030 g/mol. The van der Waals surface area contributed by atoms with Gasteiger partial charge in [-0.3, -0.25) is 19.2 Å². The summed E-state index contributed by atoms with van der Waals surface area (Å²) in [5.74, 6) is -2.80. The Morgan fingerprint density at radius 1 is 0.250 bits per heavy atom. The molecule has 0 spiro atoms. The van der Waals surface area contributed by atoms with E-state index in [4.69, 9.17) is 36.9 Å². The maximum absolute atomic E-state index is 10.9. The summed E-state index contributed by atoms with van der Waals surface area (Å²) in [7, 11) is -10.7. The van der Waals surface area contributed by atoms with Gasteiger partial charge in [-0.15, -0.1) is 0 Å². The molecular formula is C52H104O12Si4. The number of hydrogen-bond acceptors (Lipinski definition) is 8. The fourth-order valence-electron chi connectivity index (χ4n) is 10.2. The van der Waals surface area contributed by atoms with Crippen LogP contribution in [0.4, 0.5) is 0 Å². The van der Waals surface area contributed by atoms with Gasteiger partial charge in [0.05, 0.1) is 0 Å². The summed E-state index contributed by atoms with van der Waals surface area (Å²) >= 11 is 0. The molecule has 1 aliphatic rings. The lowest BCUT2D eigenvalue weighted by Crippen LogP contribution is -2.67. The van der Waals surface area contributed by atoms with E-state index in [0.29, 0.717) is 0 Å². The standard InChI is InChI=1S/C52H104O12Si4/c1-65(2)61-66(3,4)63-68(47-39-31-23-15-7-11-19-27-35-43-51(57)58,48-40-32-24-16-8-12-20-28-36-44-52(59)60)64-67(62-65,45-37-29-21-13-5-9-17-25-33-41-49(53)54)46-38-30-22-14-6-10-18-26-34-42-50(55)56/h5-48H2,1-4H3,(H,53,54)(H,55,56)(H,57,58)(H,59,60). The molecule has 0 bridgehead atoms. The molecule has 1 heterocycles. The van der Waals surface area contributed by atoms with Gasteiger partial charge in [0.15, 0.2) is 0 Å². The Morgan fingerprint density at radius 2 is 0.412 bits per heavy atom. The summed E-state index contributed by atoms with van der Waals surface area (Å²) in [6, 6.07) is 3.93. The summed E-state index contributed by atoms with van der Waals surface area (Å²) in [4.78, 5) is 43.5. The van der Waals surface area contributed by atoms with Crippen molar-refractivity contribution in [2.75, 3.05) is 0 Å². The van der Waals surface area contributed by atoms with Crippen LogP contribution in [-0.4, -0.2) is 78.5 Å². The zero-order valence-corrected chi connectivity index (χ0v) is 48.2. The van der Waals surface area contributed by atoms with E-state index >= 15 is 0 Å². The second kappa shape index (κ2) is 40.1. The van der Waals surface area contributed by atoms with Gasteiger partial charge in [-0.1, -0.05) is 205 Å². The predicted molar refractivity (Wildman–Crippen MR) is 285 cm³/mol. The van der Waals surface area contributed by atoms with Gasteiger partial charge in [-0.2, -0.15) is 0 Å². The third-order valence-corrected chi connectivity index (χ3v) is 31.8. The highest BCUT2D eigenvalue weighted by atomic mass is 28.5. The van der Waals surface area contributed by atoms with Crippen LogP contribution in [-0.2, 0) is 35.6 Å². The molecule has 1 fully saturated rings. The number of rotatable bonds is 48. The number of carboxylic acids is 4. The molecule has 0 aromatic heterocycles. The Hall–Kier alpha value is -1.41. The van der Waals surface area contributed by atoms with Gasteiger partial charge in [-0.25, -0.2) is 0 Å². The third-order valence-electron chi connectivity index (χ3n) is 13.5. The van der Waals surface area contributed by atoms with Gasteiger partial charge >= 0.3 is 58.1 Å². The van der Waals surface area contributed by atoms with Crippen molar-refractivity contribution in [1.29, 1.82) is 0 Å². The summed E-state index contributed by atoms with van der Waals surface area (Å²) in [6.07, 6.45) is 40.6. The smallest absolute Gasteiger partial charge is 0.320 e. The maximum Gasteiger partial charge on any atom is 0.320 e. The average Bonchev–Trinajstić information content (AvgIpc) is 3.24. The van der Waals surface area contributed by atoms with Crippen molar-refractivity contribution >= 4 is 58.1 Å². The Labute approximate surface area is 419 Å². The molecule has 68 heavy (non-hydrogen) atoms. The number of carbonyl (C=O) groups is 4. The highest BCUT2D eigenvalue weighted by molar-refractivity contribution is 6.94. The Bertz CT molecular complexity index is 1140. The zero-order chi connectivity index (χ0) is 50.3. The highest BCUT2D eigenvalue weighted by Gasteiger charge is 2.56. The first-order valence-corrected chi connectivity index (χ1v) is 38.3. The van der Waals surface area contributed by atoms with Crippen molar-refractivity contribution in [3.63, 3.8) is 0 Å². The Morgan fingerprint density at radius 3 is 0.588 bits per heavy atom. The molecule has 12 nitrogen and oxygen atoms in total. The van der Waals surface area contributed by atoms with Crippen molar-refractivity contribution in [2.45, 2.75) is 307 Å². The molecule has 0 amide bonds. The molecule has 0 aliphatic carbocycles. The van der Waals surface area contributed by atoms with E-state index < -0.39 is 58.1 Å². The molecule has 16 heteroatoms. The topological polar surface area (TPSA) is 186 Å². The van der Waals surface area contributed by atoms with Crippen LogP contribution in [0, 0.1) is 0 Å². The summed E-state index contributed by atoms with van der Waals surface area (Å²) < 4.78 is 30.2. The van der Waals surface area contributed by atoms with Crippen molar-refractivity contribution in [3.8, 4) is 0 Å². The lowest BCUT2D eigenvalue weighted by molar-refractivity contribution is -0.138. The van der Waals surface area contributed by atoms with Crippen molar-refractivity contribution in [3.05, 3.63) is 0 Å². The van der Waals surface area contributed by atoms with Crippen LogP contribution in [0.15, 0.2) is 0 Å². The number of carboxylic acid groups (broad SMARTS) is 4. The van der Waals surface area contributed by atoms with Gasteiger partial charge < -0.3 is 36.9 Å². The number of unbranched alkanes of at least 4 members (excludes halogenated alkanes) is 32. The molecule has 1 saturated heterocycles. The summed E-state index contributed by atoms with van der Waals surface area (Å²) in [6.45, 7) is 8.87. The van der Waals surface area contributed by atoms with Gasteiger partial charge in [-0.05, 0) is 76.0 Å². The van der Waals surface area contributed by atoms with Crippen LogP contribution in [0.5, 0.6) is 0 Å². The van der Waals surface area contributed by atoms with E-state index in [2.05, 4.69) is 26.2 Å². The van der Waals surface area contributed by atoms with Crippen LogP contribution >= 0.6 is 0 Å². The van der Waals surface area contributed by atoms with E-state index in [1.165, 1.54) is 103 Å². The molecule has 4 N–H and O–H groups in total. The maximum atomic E-state index is 10.9. The normalized spacial score (nSPS) is 16.3. The highest BCUT2D eigenvalue weighted by Crippen LogP contribution is 2.41. The van der Waals surface area contributed by atoms with Gasteiger partial charge in [0.1, 0.15) is 0 Å². The Kier molecular flexibility index (Phi) is 38.1. The second-order valence-corrected chi connectivity index (χ2v) is 35.8. The molecule has 0 atom stereocenters. The summed E-state index contributed by atoms with van der Waals surface area (Å²) in [5.41, 5.74) is 0. The molecule has 0 aromatic carbocycles. The lowest BCUT2D eigenvalue weighted by Gasteiger charge is -2.51. The minimum absolute atomic E-state index is 0.271. The van der Waals surface area contributed by atoms with Gasteiger partial charge in [0.25, 0.3) is 0 Å². The number of aliphatic carboxylic acids is 4. The molecule has 0 saturated carbocycles. The largest absolute Gasteiger partial charge is 0.481 e. The molecule has 1 aliphatic heterocycles. The fraction of sp³-hybridized carbons (Fsp3) is 0.923. The second-order valence-electron chi connectivity index (χ2n) is 21.3. The first-order valence-electron chi connectivity index (χ1n) is 28.2. The lowest BCUT2D eigenvalue weighted by atomic mass is 10.1. The van der Waals surface area contributed by atoms with Gasteiger partial charge in [0, 0.05) is 25.7 Å². The van der Waals surface area contributed by atoms with Crippen LogP contribution in [0.3, 0.4) is 0 Å². The predicted octanol–water partition coefficient (Wildman–Crippen LogP) is 16.3. The first-order chi connectivity index (χ1) is 32.5. The molecular weight excluding hydrogens is 929 g/mol. The molecule has 0 radical (unpaired) electrons. The quantitative estimate of drug-likeness (QED) is 0.0334. The zero-order valence-electron chi connectivity index (χ0n) is 44.2.